The van der Waals surface area contributed by atoms with Crippen LogP contribution < -0.4 is 11.1 Å². The summed E-state index contributed by atoms with van der Waals surface area (Å²) in [5, 5.41) is 11.6. The molecular weight excluding hydrogens is 360 g/mol. The van der Waals surface area contributed by atoms with Crippen molar-refractivity contribution in [1.29, 1.82) is 0 Å². The fourth-order valence-electron chi connectivity index (χ4n) is 3.00. The van der Waals surface area contributed by atoms with Gasteiger partial charge in [-0.1, -0.05) is 6.08 Å². The summed E-state index contributed by atoms with van der Waals surface area (Å²) in [5.74, 6) is -1.60. The van der Waals surface area contributed by atoms with Crippen LogP contribution in [0.4, 0.5) is 0 Å². The van der Waals surface area contributed by atoms with Crippen molar-refractivity contribution in [3.8, 4) is 0 Å². The molecule has 3 amide bonds. The summed E-state index contributed by atoms with van der Waals surface area (Å²) in [7, 11) is 1.89. The van der Waals surface area contributed by atoms with Gasteiger partial charge in [0.25, 0.3) is 11.8 Å². The van der Waals surface area contributed by atoms with E-state index in [1.54, 1.807) is 12.2 Å². The predicted octanol–water partition coefficient (Wildman–Crippen LogP) is -1.14. The number of β-lactam (4-membered cyclic amide) rings is 1. The number of carbonyl (C=O) groups excluding carboxylic acids is 3. The number of carboxylic acids is 1. The number of nitrogens with one attached hydrogen (secondary N) is 1. The van der Waals surface area contributed by atoms with Gasteiger partial charge in [-0.05, 0) is 18.6 Å². The van der Waals surface area contributed by atoms with E-state index < -0.39 is 29.2 Å². The molecule has 3 atom stereocenters. The number of quaternary nitrogens is 1. The van der Waals surface area contributed by atoms with E-state index in [-0.39, 0.29) is 12.2 Å². The number of hydrogen-bond donors (Lipinski definition) is 3. The smallest absolute Gasteiger partial charge is 0.352 e. The van der Waals surface area contributed by atoms with Gasteiger partial charge in [-0.2, -0.15) is 0 Å². The lowest BCUT2D eigenvalue weighted by Crippen LogP contribution is -2.69. The Morgan fingerprint density at radius 3 is 2.73 bits per heavy atom. The van der Waals surface area contributed by atoms with E-state index in [2.05, 4.69) is 5.32 Å². The van der Waals surface area contributed by atoms with Gasteiger partial charge < -0.3 is 20.6 Å². The minimum Gasteiger partial charge on any atom is -0.477 e. The highest BCUT2D eigenvalue weighted by molar-refractivity contribution is 8.00. The van der Waals surface area contributed by atoms with Crippen molar-refractivity contribution in [2.24, 2.45) is 5.73 Å². The Labute approximate surface area is 155 Å². The summed E-state index contributed by atoms with van der Waals surface area (Å²) in [5.41, 5.74) is 5.75. The predicted molar refractivity (Wildman–Crippen MR) is 95.5 cm³/mol. The van der Waals surface area contributed by atoms with Crippen LogP contribution in [0.1, 0.15) is 6.92 Å². The fourth-order valence-corrected chi connectivity index (χ4v) is 4.33. The first-order chi connectivity index (χ1) is 12.2. The normalized spacial score (nSPS) is 24.7. The van der Waals surface area contributed by atoms with E-state index in [1.165, 1.54) is 16.7 Å². The van der Waals surface area contributed by atoms with E-state index in [4.69, 9.17) is 5.73 Å². The minimum atomic E-state index is -1.18. The third-order valence-electron chi connectivity index (χ3n) is 4.61. The number of aliphatic carboxylic acids is 1. The molecule has 1 unspecified atom stereocenters. The molecule has 9 nitrogen and oxygen atoms in total. The molecule has 142 valence electrons. The van der Waals surface area contributed by atoms with Gasteiger partial charge in [0.05, 0.1) is 20.1 Å². The number of likely N-dealkylation sites (N-methyl/N-ethyl adjacent to an activating group) is 1. The molecule has 2 rings (SSSR count). The van der Waals surface area contributed by atoms with Gasteiger partial charge in [-0.3, -0.25) is 19.3 Å². The fraction of sp³-hybridized carbons (Fsp3) is 0.500. The molecule has 0 saturated carbocycles. The van der Waals surface area contributed by atoms with Crippen LogP contribution in [0.5, 0.6) is 0 Å². The maximum atomic E-state index is 12.2. The minimum absolute atomic E-state index is 0.0560. The monoisotopic (exact) mass is 383 g/mol. The number of thioether (sulfide) groups is 1. The van der Waals surface area contributed by atoms with Crippen LogP contribution in [0.2, 0.25) is 0 Å². The SMILES string of the molecule is CC[N+](C)(C/C=C/C1=C(C(=O)O)N2C(=O)[C@@H](NC=O)[C@H]2SC1)CC(N)=O. The lowest BCUT2D eigenvalue weighted by molar-refractivity contribution is -0.894. The molecule has 2 aliphatic rings. The van der Waals surface area contributed by atoms with Gasteiger partial charge in [-0.25, -0.2) is 4.79 Å². The summed E-state index contributed by atoms with van der Waals surface area (Å²) in [4.78, 5) is 46.8. The quantitative estimate of drug-likeness (QED) is 0.262. The number of allylic oxidation sites excluding steroid dienone is 1. The zero-order chi connectivity index (χ0) is 19.5. The Bertz CT molecular complexity index is 692. The molecule has 4 N–H and O–H groups in total. The standard InChI is InChI=1S/C16H22N4O5S/c1-3-20(2,7-11(17)22)6-4-5-10-8-26-15-12(18-9-21)14(23)19(15)13(10)16(24)25/h4-5,9,12,15H,3,6-8H2,1-2H3,(H3-,17,18,21,22,24,25)/p+1/b5-4+/t12-,15-,20?/m1/s1. The number of primary amides is 1. The summed E-state index contributed by atoms with van der Waals surface area (Å²) >= 11 is 1.40. The molecular formula is C16H23N4O5S+. The Balaban J connectivity index is 2.19. The third-order valence-corrected chi connectivity index (χ3v) is 5.92. The number of nitrogens with two attached hydrogens (primary N) is 1. The third kappa shape index (κ3) is 3.91. The molecule has 0 radical (unpaired) electrons. The van der Waals surface area contributed by atoms with E-state index >= 15 is 0 Å². The van der Waals surface area contributed by atoms with Gasteiger partial charge in [-0.15, -0.1) is 11.8 Å². The van der Waals surface area contributed by atoms with E-state index in [0.29, 0.717) is 35.3 Å². The van der Waals surface area contributed by atoms with Gasteiger partial charge >= 0.3 is 5.97 Å². The number of rotatable bonds is 9. The maximum absolute atomic E-state index is 12.2. The van der Waals surface area contributed by atoms with Gasteiger partial charge in [0.15, 0.2) is 6.54 Å². The summed E-state index contributed by atoms with van der Waals surface area (Å²) in [6, 6.07) is -0.687. The number of carbonyl (C=O) groups is 4. The molecule has 2 aliphatic heterocycles. The molecule has 0 bridgehead atoms. The second kappa shape index (κ2) is 7.92. The molecule has 1 saturated heterocycles. The molecule has 26 heavy (non-hydrogen) atoms. The van der Waals surface area contributed by atoms with Crippen molar-refractivity contribution in [2.75, 3.05) is 32.4 Å². The molecule has 1 fully saturated rings. The zero-order valence-electron chi connectivity index (χ0n) is 14.7. The van der Waals surface area contributed by atoms with E-state index in [1.807, 2.05) is 14.0 Å². The number of carboxylic acid groups (broad SMARTS) is 1. The first-order valence-electron chi connectivity index (χ1n) is 8.13. The Morgan fingerprint density at radius 1 is 1.50 bits per heavy atom. The largest absolute Gasteiger partial charge is 0.477 e. The van der Waals surface area contributed by atoms with Crippen molar-refractivity contribution in [2.45, 2.75) is 18.3 Å². The first kappa shape index (κ1) is 20.0. The molecule has 2 heterocycles. The van der Waals surface area contributed by atoms with Crippen LogP contribution in [0.25, 0.3) is 0 Å². The molecule has 0 aromatic heterocycles. The van der Waals surface area contributed by atoms with Crippen molar-refractivity contribution < 1.29 is 28.8 Å². The van der Waals surface area contributed by atoms with Crippen molar-refractivity contribution in [3.63, 3.8) is 0 Å². The first-order valence-corrected chi connectivity index (χ1v) is 9.18. The van der Waals surface area contributed by atoms with Crippen molar-refractivity contribution in [1.82, 2.24) is 10.2 Å². The Morgan fingerprint density at radius 2 is 2.19 bits per heavy atom. The van der Waals surface area contributed by atoms with Crippen LogP contribution in [0.15, 0.2) is 23.4 Å². The summed E-state index contributed by atoms with van der Waals surface area (Å²) in [6.07, 6.45) is 3.94. The number of amides is 3. The average Bonchev–Trinajstić information content (AvgIpc) is 2.58. The Kier molecular flexibility index (Phi) is 6.09. The highest BCUT2D eigenvalue weighted by Gasteiger charge is 2.53. The highest BCUT2D eigenvalue weighted by atomic mass is 32.2. The molecule has 0 aromatic rings. The summed E-state index contributed by atoms with van der Waals surface area (Å²) < 4.78 is 0.408. The molecule has 0 spiro atoms. The topological polar surface area (TPSA) is 130 Å². The van der Waals surface area contributed by atoms with Crippen LogP contribution in [-0.2, 0) is 19.2 Å². The second-order valence-electron chi connectivity index (χ2n) is 6.50. The second-order valence-corrected chi connectivity index (χ2v) is 7.60. The van der Waals surface area contributed by atoms with Gasteiger partial charge in [0.2, 0.25) is 6.41 Å². The lowest BCUT2D eigenvalue weighted by atomic mass is 10.0. The van der Waals surface area contributed by atoms with E-state index in [0.717, 1.165) is 0 Å². The zero-order valence-corrected chi connectivity index (χ0v) is 15.5. The highest BCUT2D eigenvalue weighted by Crippen LogP contribution is 2.40. The van der Waals surface area contributed by atoms with Crippen LogP contribution in [-0.4, -0.2) is 82.5 Å². The molecule has 0 aliphatic carbocycles. The number of hydrogen-bond acceptors (Lipinski definition) is 5. The van der Waals surface area contributed by atoms with Gasteiger partial charge in [0, 0.05) is 5.75 Å². The molecule has 10 heteroatoms. The average molecular weight is 383 g/mol. The summed E-state index contributed by atoms with van der Waals surface area (Å²) in [6.45, 7) is 3.33. The number of fused-ring (bicyclic) bond motifs is 1. The van der Waals surface area contributed by atoms with Crippen molar-refractivity contribution in [3.05, 3.63) is 23.4 Å². The molecule has 0 aromatic carbocycles. The number of nitrogens with zero attached hydrogens (tertiary/aromatic N) is 2. The van der Waals surface area contributed by atoms with Gasteiger partial charge in [0.1, 0.15) is 17.1 Å². The van der Waals surface area contributed by atoms with Crippen LogP contribution >= 0.6 is 11.8 Å². The Hall–Kier alpha value is -2.33. The van der Waals surface area contributed by atoms with E-state index in [9.17, 15) is 24.3 Å². The van der Waals surface area contributed by atoms with Crippen molar-refractivity contribution >= 4 is 36.0 Å². The van der Waals surface area contributed by atoms with Crippen LogP contribution in [0, 0.1) is 0 Å². The maximum Gasteiger partial charge on any atom is 0.352 e. The van der Waals surface area contributed by atoms with Crippen LogP contribution in [0.3, 0.4) is 0 Å². The lowest BCUT2D eigenvalue weighted by Gasteiger charge is -2.48.